The number of benzene rings is 1. The second-order valence-electron chi connectivity index (χ2n) is 3.56. The number of aromatic amines is 1. The molecule has 16 heavy (non-hydrogen) atoms. The van der Waals surface area contributed by atoms with Gasteiger partial charge in [0, 0.05) is 5.69 Å². The Balaban J connectivity index is 2.26. The van der Waals surface area contributed by atoms with Crippen molar-refractivity contribution < 1.29 is 0 Å². The van der Waals surface area contributed by atoms with Crippen molar-refractivity contribution in [1.29, 1.82) is 0 Å². The number of nitrogens with zero attached hydrogens (tertiary/aromatic N) is 2. The minimum Gasteiger partial charge on any atom is -0.326 e. The molecule has 0 atom stereocenters. The predicted molar refractivity (Wildman–Crippen MR) is 66.4 cm³/mol. The summed E-state index contributed by atoms with van der Waals surface area (Å²) >= 11 is 4.94. The summed E-state index contributed by atoms with van der Waals surface area (Å²) in [5, 5.41) is 3.14. The van der Waals surface area contributed by atoms with Gasteiger partial charge < -0.3 is 10.3 Å². The Hall–Kier alpha value is -1.75. The van der Waals surface area contributed by atoms with Gasteiger partial charge in [-0.15, -0.1) is 0 Å². The number of H-pyrrole nitrogens is 1. The average Bonchev–Trinajstić information content (AvgIpc) is 2.20. The Bertz CT molecular complexity index is 545. The van der Waals surface area contributed by atoms with Gasteiger partial charge in [0.25, 0.3) is 0 Å². The molecule has 0 bridgehead atoms. The van der Waals surface area contributed by atoms with Crippen LogP contribution in [0.15, 0.2) is 24.3 Å². The average molecular weight is 232 g/mol. The Morgan fingerprint density at radius 1 is 1.12 bits per heavy atom. The topological polar surface area (TPSA) is 53.6 Å². The van der Waals surface area contributed by atoms with E-state index in [4.69, 9.17) is 12.2 Å². The van der Waals surface area contributed by atoms with Gasteiger partial charge >= 0.3 is 0 Å². The molecule has 2 aromatic rings. The van der Waals surface area contributed by atoms with Crippen molar-refractivity contribution in [2.24, 2.45) is 0 Å². The molecule has 2 N–H and O–H groups in total. The molecule has 0 saturated carbocycles. The molecule has 0 aliphatic carbocycles. The van der Waals surface area contributed by atoms with Crippen LogP contribution in [0, 0.1) is 18.6 Å². The first kappa shape index (κ1) is 10.8. The van der Waals surface area contributed by atoms with E-state index < -0.39 is 0 Å². The quantitative estimate of drug-likeness (QED) is 0.782. The first-order valence-corrected chi connectivity index (χ1v) is 5.33. The molecule has 0 amide bonds. The van der Waals surface area contributed by atoms with E-state index in [0.29, 0.717) is 10.7 Å². The highest BCUT2D eigenvalue weighted by Crippen LogP contribution is 2.12. The van der Waals surface area contributed by atoms with Crippen LogP contribution in [-0.4, -0.2) is 15.0 Å². The van der Waals surface area contributed by atoms with Gasteiger partial charge in [0.2, 0.25) is 10.7 Å². The summed E-state index contributed by atoms with van der Waals surface area (Å²) in [5.74, 6) is 1.36. The van der Waals surface area contributed by atoms with E-state index in [1.165, 1.54) is 5.56 Å². The van der Waals surface area contributed by atoms with E-state index >= 15 is 0 Å². The monoisotopic (exact) mass is 232 g/mol. The van der Waals surface area contributed by atoms with Gasteiger partial charge in [-0.3, -0.25) is 0 Å². The highest BCUT2D eigenvalue weighted by molar-refractivity contribution is 7.71. The Labute approximate surface area is 98.8 Å². The second kappa shape index (κ2) is 4.40. The van der Waals surface area contributed by atoms with Crippen LogP contribution < -0.4 is 5.32 Å². The third-order valence-electron chi connectivity index (χ3n) is 2.08. The van der Waals surface area contributed by atoms with Gasteiger partial charge in [0.05, 0.1) is 0 Å². The van der Waals surface area contributed by atoms with Crippen LogP contribution in [0.25, 0.3) is 0 Å². The van der Waals surface area contributed by atoms with Crippen molar-refractivity contribution in [3.05, 3.63) is 40.4 Å². The minimum atomic E-state index is 0.339. The normalized spacial score (nSPS) is 10.1. The van der Waals surface area contributed by atoms with E-state index in [0.717, 1.165) is 11.5 Å². The van der Waals surface area contributed by atoms with E-state index in [-0.39, 0.29) is 0 Å². The molecule has 1 heterocycles. The first-order chi connectivity index (χ1) is 7.63. The predicted octanol–water partition coefficient (Wildman–Crippen LogP) is 2.89. The van der Waals surface area contributed by atoms with Crippen LogP contribution in [0.2, 0.25) is 0 Å². The lowest BCUT2D eigenvalue weighted by Crippen LogP contribution is -2.00. The Morgan fingerprint density at radius 3 is 2.44 bits per heavy atom. The molecule has 1 aromatic carbocycles. The summed E-state index contributed by atoms with van der Waals surface area (Å²) in [4.78, 5) is 11.1. The van der Waals surface area contributed by atoms with Crippen molar-refractivity contribution in [3.8, 4) is 0 Å². The third-order valence-corrected chi connectivity index (χ3v) is 2.27. The fourth-order valence-electron chi connectivity index (χ4n) is 1.32. The van der Waals surface area contributed by atoms with Crippen LogP contribution in [0.4, 0.5) is 11.6 Å². The molecule has 0 unspecified atom stereocenters. The summed E-state index contributed by atoms with van der Waals surface area (Å²) < 4.78 is 0.339. The van der Waals surface area contributed by atoms with Crippen LogP contribution >= 0.6 is 12.2 Å². The molecule has 0 radical (unpaired) electrons. The first-order valence-electron chi connectivity index (χ1n) is 4.92. The SMILES string of the molecule is Cc1ccc(Nc2nc(=S)nc(C)[nH]2)cc1. The fraction of sp³-hybridized carbons (Fsp3) is 0.182. The van der Waals surface area contributed by atoms with Crippen LogP contribution in [-0.2, 0) is 0 Å². The van der Waals surface area contributed by atoms with Crippen LogP contribution in [0.1, 0.15) is 11.4 Å². The number of aryl methyl sites for hydroxylation is 2. The van der Waals surface area contributed by atoms with Gasteiger partial charge in [-0.2, -0.15) is 4.98 Å². The number of rotatable bonds is 2. The molecule has 0 spiro atoms. The summed E-state index contributed by atoms with van der Waals surface area (Å²) in [6.07, 6.45) is 0. The molecule has 0 aliphatic heterocycles. The zero-order chi connectivity index (χ0) is 11.5. The van der Waals surface area contributed by atoms with E-state index in [1.807, 2.05) is 38.1 Å². The van der Waals surface area contributed by atoms with Crippen LogP contribution in [0.3, 0.4) is 0 Å². The molecule has 0 aliphatic rings. The lowest BCUT2D eigenvalue weighted by atomic mass is 10.2. The number of aromatic nitrogens is 3. The van der Waals surface area contributed by atoms with Gasteiger partial charge in [-0.25, -0.2) is 4.98 Å². The summed E-state index contributed by atoms with van der Waals surface area (Å²) in [6.45, 7) is 3.89. The van der Waals surface area contributed by atoms with Crippen LogP contribution in [0.5, 0.6) is 0 Å². The lowest BCUT2D eigenvalue weighted by Gasteiger charge is -2.05. The van der Waals surface area contributed by atoms with Gasteiger partial charge in [-0.05, 0) is 38.2 Å². The number of nitrogens with one attached hydrogen (secondary N) is 2. The highest BCUT2D eigenvalue weighted by atomic mass is 32.1. The molecule has 5 heteroatoms. The molecule has 82 valence electrons. The van der Waals surface area contributed by atoms with Crippen molar-refractivity contribution in [2.75, 3.05) is 5.32 Å². The summed E-state index contributed by atoms with van der Waals surface area (Å²) in [7, 11) is 0. The molecular formula is C11H12N4S. The molecule has 4 nitrogen and oxygen atoms in total. The van der Waals surface area contributed by atoms with Gasteiger partial charge in [0.1, 0.15) is 5.82 Å². The van der Waals surface area contributed by atoms with E-state index in [9.17, 15) is 0 Å². The lowest BCUT2D eigenvalue weighted by molar-refractivity contribution is 0.965. The van der Waals surface area contributed by atoms with E-state index in [1.54, 1.807) is 0 Å². The second-order valence-corrected chi connectivity index (χ2v) is 3.92. The van der Waals surface area contributed by atoms with E-state index in [2.05, 4.69) is 20.3 Å². The summed E-state index contributed by atoms with van der Waals surface area (Å²) in [6, 6.07) is 8.04. The third kappa shape index (κ3) is 2.64. The number of anilines is 2. The molecule has 2 rings (SSSR count). The zero-order valence-corrected chi connectivity index (χ0v) is 9.93. The maximum absolute atomic E-state index is 4.94. The molecule has 0 saturated heterocycles. The van der Waals surface area contributed by atoms with Crippen molar-refractivity contribution in [1.82, 2.24) is 15.0 Å². The minimum absolute atomic E-state index is 0.339. The molecule has 0 fully saturated rings. The van der Waals surface area contributed by atoms with Crippen molar-refractivity contribution in [3.63, 3.8) is 0 Å². The van der Waals surface area contributed by atoms with Crippen molar-refractivity contribution >= 4 is 23.9 Å². The largest absolute Gasteiger partial charge is 0.326 e. The maximum Gasteiger partial charge on any atom is 0.224 e. The molecular weight excluding hydrogens is 220 g/mol. The highest BCUT2D eigenvalue weighted by Gasteiger charge is 1.97. The Morgan fingerprint density at radius 2 is 1.81 bits per heavy atom. The van der Waals surface area contributed by atoms with Crippen molar-refractivity contribution in [2.45, 2.75) is 13.8 Å². The standard InChI is InChI=1S/C11H12N4S/c1-7-3-5-9(6-4-7)14-10-12-8(2)13-11(16)15-10/h3-6H,1-2H3,(H2,12,13,14,15,16). The zero-order valence-electron chi connectivity index (χ0n) is 9.11. The van der Waals surface area contributed by atoms with Gasteiger partial charge in [-0.1, -0.05) is 17.7 Å². The smallest absolute Gasteiger partial charge is 0.224 e. The number of hydrogen-bond donors (Lipinski definition) is 2. The Kier molecular flexibility index (Phi) is 2.96. The summed E-state index contributed by atoms with van der Waals surface area (Å²) in [5.41, 5.74) is 2.19. The fourth-order valence-corrected chi connectivity index (χ4v) is 1.55. The van der Waals surface area contributed by atoms with Gasteiger partial charge in [0.15, 0.2) is 0 Å². The maximum atomic E-state index is 4.94. The molecule has 1 aromatic heterocycles. The number of hydrogen-bond acceptors (Lipinski definition) is 4.